The Bertz CT molecular complexity index is 1070. The molecule has 0 bridgehead atoms. The van der Waals surface area contributed by atoms with Gasteiger partial charge in [-0.1, -0.05) is 59.4 Å². The van der Waals surface area contributed by atoms with Crippen molar-refractivity contribution in [2.24, 2.45) is 10.2 Å². The number of hydrogen-bond acceptors (Lipinski definition) is 5. The lowest BCUT2D eigenvalue weighted by atomic mass is 10.0. The third-order valence-corrected chi connectivity index (χ3v) is 4.79. The number of hydrogen-bond donors (Lipinski definition) is 2. The van der Waals surface area contributed by atoms with Crippen molar-refractivity contribution in [2.75, 3.05) is 5.32 Å². The maximum absolute atomic E-state index is 11.9. The zero-order valence-electron chi connectivity index (χ0n) is 14.1. The molecule has 3 aromatic rings. The normalized spacial score (nSPS) is 14.7. The van der Waals surface area contributed by atoms with Gasteiger partial charge >= 0.3 is 4.87 Å². The van der Waals surface area contributed by atoms with E-state index in [1.165, 1.54) is 5.56 Å². The molecule has 0 fully saturated rings. The Balaban J connectivity index is 1.67. The largest absolute Gasteiger partial charge is 0.341 e. The Morgan fingerprint density at radius 1 is 1.08 bits per heavy atom. The van der Waals surface area contributed by atoms with E-state index in [1.807, 2.05) is 67.6 Å². The number of rotatable bonds is 4. The second-order valence-corrected chi connectivity index (χ2v) is 6.92. The van der Waals surface area contributed by atoms with Crippen molar-refractivity contribution >= 4 is 40.8 Å². The minimum absolute atomic E-state index is 0.111. The van der Waals surface area contributed by atoms with E-state index in [0.717, 1.165) is 38.7 Å². The topological polar surface area (TPSA) is 69.6 Å². The number of nitrogens with zero attached hydrogens (tertiary/aromatic N) is 2. The summed E-state index contributed by atoms with van der Waals surface area (Å²) in [5.74, 6) is 0.670. The van der Waals surface area contributed by atoms with Crippen molar-refractivity contribution in [3.8, 4) is 0 Å². The minimum atomic E-state index is -0.111. The fourth-order valence-electron chi connectivity index (χ4n) is 2.65. The van der Waals surface area contributed by atoms with Gasteiger partial charge in [0, 0.05) is 16.8 Å². The van der Waals surface area contributed by atoms with Crippen LogP contribution in [0.15, 0.2) is 75.2 Å². The van der Waals surface area contributed by atoms with Crippen LogP contribution in [0.25, 0.3) is 6.08 Å². The lowest BCUT2D eigenvalue weighted by Crippen LogP contribution is -2.02. The molecule has 0 spiro atoms. The molecule has 0 amide bonds. The average Bonchev–Trinajstić information content (AvgIpc) is 3.25. The fraction of sp³-hybridized carbons (Fsp3) is 0.0500. The van der Waals surface area contributed by atoms with Gasteiger partial charge in [-0.15, -0.1) is 5.10 Å². The van der Waals surface area contributed by atoms with Crippen LogP contribution in [-0.4, -0.2) is 16.9 Å². The molecular formula is C20H16N4OS. The third-order valence-electron chi connectivity index (χ3n) is 3.96. The summed E-state index contributed by atoms with van der Waals surface area (Å²) < 4.78 is 0. The van der Waals surface area contributed by atoms with Gasteiger partial charge in [0.25, 0.3) is 0 Å². The zero-order chi connectivity index (χ0) is 17.9. The molecule has 5 nitrogen and oxygen atoms in total. The van der Waals surface area contributed by atoms with Crippen LogP contribution in [0.5, 0.6) is 0 Å². The SMILES string of the molecule is Cc1ccc(Nc2[nH]c(=O)sc2C=C2C=NN=C2c2ccccc2)cc1. The van der Waals surface area contributed by atoms with Crippen LogP contribution in [0.1, 0.15) is 16.0 Å². The number of aromatic nitrogens is 1. The number of anilines is 2. The number of H-pyrrole nitrogens is 1. The standard InChI is InChI=1S/C20H16N4OS/c1-13-7-9-16(10-8-13)22-19-17(26-20(25)23-19)11-15-12-21-24-18(15)14-5-3-2-4-6-14/h2-12,22H,1H3,(H,23,25). The van der Waals surface area contributed by atoms with Crippen molar-refractivity contribution in [1.82, 2.24) is 4.98 Å². The molecule has 2 heterocycles. The molecule has 4 rings (SSSR count). The third kappa shape index (κ3) is 3.41. The quantitative estimate of drug-likeness (QED) is 0.726. The second kappa shape index (κ2) is 6.93. The molecule has 1 aromatic heterocycles. The Labute approximate surface area is 154 Å². The number of aryl methyl sites for hydroxylation is 1. The Morgan fingerprint density at radius 2 is 1.85 bits per heavy atom. The van der Waals surface area contributed by atoms with Crippen LogP contribution in [0.3, 0.4) is 0 Å². The van der Waals surface area contributed by atoms with Gasteiger partial charge in [-0.25, -0.2) is 0 Å². The van der Waals surface area contributed by atoms with E-state index in [1.54, 1.807) is 6.21 Å². The molecule has 0 radical (unpaired) electrons. The molecule has 2 N–H and O–H groups in total. The van der Waals surface area contributed by atoms with Crippen molar-refractivity contribution in [3.63, 3.8) is 0 Å². The highest BCUT2D eigenvalue weighted by Gasteiger charge is 2.15. The molecule has 0 saturated carbocycles. The minimum Gasteiger partial charge on any atom is -0.341 e. The summed E-state index contributed by atoms with van der Waals surface area (Å²) in [7, 11) is 0. The number of thiazole rings is 1. The van der Waals surface area contributed by atoms with Crippen LogP contribution < -0.4 is 10.2 Å². The predicted molar refractivity (Wildman–Crippen MR) is 109 cm³/mol. The van der Waals surface area contributed by atoms with Gasteiger partial charge in [0.1, 0.15) is 11.5 Å². The molecule has 1 aliphatic rings. The van der Waals surface area contributed by atoms with E-state index in [0.29, 0.717) is 5.82 Å². The van der Waals surface area contributed by atoms with E-state index < -0.39 is 0 Å². The Morgan fingerprint density at radius 3 is 2.62 bits per heavy atom. The summed E-state index contributed by atoms with van der Waals surface area (Å²) in [5, 5.41) is 11.5. The Hall–Kier alpha value is -3.25. The molecule has 2 aromatic carbocycles. The smallest absolute Gasteiger partial charge is 0.306 e. The second-order valence-electron chi connectivity index (χ2n) is 5.90. The van der Waals surface area contributed by atoms with Crippen molar-refractivity contribution < 1.29 is 0 Å². The van der Waals surface area contributed by atoms with Gasteiger partial charge in [-0.05, 0) is 25.1 Å². The van der Waals surface area contributed by atoms with Crippen molar-refractivity contribution in [2.45, 2.75) is 6.92 Å². The van der Waals surface area contributed by atoms with Gasteiger partial charge < -0.3 is 5.32 Å². The first-order valence-corrected chi connectivity index (χ1v) is 8.96. The highest BCUT2D eigenvalue weighted by atomic mass is 32.1. The summed E-state index contributed by atoms with van der Waals surface area (Å²) in [6.07, 6.45) is 3.64. The molecular weight excluding hydrogens is 344 g/mol. The average molecular weight is 360 g/mol. The summed E-state index contributed by atoms with van der Waals surface area (Å²) in [5.41, 5.74) is 4.77. The first-order chi connectivity index (χ1) is 12.7. The predicted octanol–water partition coefficient (Wildman–Crippen LogP) is 4.36. The molecule has 0 unspecified atom stereocenters. The van der Waals surface area contributed by atoms with E-state index >= 15 is 0 Å². The number of allylic oxidation sites excluding steroid dienone is 1. The highest BCUT2D eigenvalue weighted by Crippen LogP contribution is 2.25. The van der Waals surface area contributed by atoms with Crippen LogP contribution in [-0.2, 0) is 0 Å². The van der Waals surface area contributed by atoms with E-state index in [9.17, 15) is 4.79 Å². The van der Waals surface area contributed by atoms with Gasteiger partial charge in [0.15, 0.2) is 0 Å². The maximum Gasteiger partial charge on any atom is 0.306 e. The van der Waals surface area contributed by atoms with Crippen LogP contribution in [0.4, 0.5) is 11.5 Å². The fourth-order valence-corrected chi connectivity index (χ4v) is 3.39. The van der Waals surface area contributed by atoms with Gasteiger partial charge in [-0.3, -0.25) is 9.78 Å². The summed E-state index contributed by atoms with van der Waals surface area (Å²) >= 11 is 1.15. The molecule has 0 atom stereocenters. The molecule has 26 heavy (non-hydrogen) atoms. The number of nitrogens with one attached hydrogen (secondary N) is 2. The van der Waals surface area contributed by atoms with E-state index in [4.69, 9.17) is 0 Å². The molecule has 0 aliphatic carbocycles. The molecule has 0 saturated heterocycles. The van der Waals surface area contributed by atoms with Crippen LogP contribution in [0, 0.1) is 6.92 Å². The van der Waals surface area contributed by atoms with E-state index in [-0.39, 0.29) is 4.87 Å². The zero-order valence-corrected chi connectivity index (χ0v) is 14.9. The lowest BCUT2D eigenvalue weighted by Gasteiger charge is -2.06. The molecule has 128 valence electrons. The summed E-state index contributed by atoms with van der Waals surface area (Å²) in [6, 6.07) is 17.9. The summed E-state index contributed by atoms with van der Waals surface area (Å²) in [6.45, 7) is 2.04. The summed E-state index contributed by atoms with van der Waals surface area (Å²) in [4.78, 5) is 15.5. The van der Waals surface area contributed by atoms with Crippen molar-refractivity contribution in [1.29, 1.82) is 0 Å². The first-order valence-electron chi connectivity index (χ1n) is 8.14. The van der Waals surface area contributed by atoms with Crippen molar-refractivity contribution in [3.05, 3.63) is 85.8 Å². The molecule has 1 aliphatic heterocycles. The number of benzene rings is 2. The highest BCUT2D eigenvalue weighted by molar-refractivity contribution is 7.10. The molecule has 6 heteroatoms. The lowest BCUT2D eigenvalue weighted by molar-refractivity contribution is 1.28. The van der Waals surface area contributed by atoms with E-state index in [2.05, 4.69) is 20.5 Å². The number of aromatic amines is 1. The van der Waals surface area contributed by atoms with Gasteiger partial charge in [0.2, 0.25) is 0 Å². The first kappa shape index (κ1) is 16.2. The van der Waals surface area contributed by atoms with Gasteiger partial charge in [-0.2, -0.15) is 5.10 Å². The maximum atomic E-state index is 11.9. The van der Waals surface area contributed by atoms with Gasteiger partial charge in [0.05, 0.1) is 11.1 Å². The van der Waals surface area contributed by atoms with Crippen LogP contribution >= 0.6 is 11.3 Å². The van der Waals surface area contributed by atoms with Crippen LogP contribution in [0.2, 0.25) is 0 Å². The monoisotopic (exact) mass is 360 g/mol. The Kier molecular flexibility index (Phi) is 4.33.